The molecule has 0 bridgehead atoms. The second-order valence-electron chi connectivity index (χ2n) is 6.28. The second kappa shape index (κ2) is 8.77. The normalized spacial score (nSPS) is 11.0. The van der Waals surface area contributed by atoms with Crippen LogP contribution in [0.25, 0.3) is 16.6 Å². The van der Waals surface area contributed by atoms with E-state index in [-0.39, 0.29) is 17.2 Å². The summed E-state index contributed by atoms with van der Waals surface area (Å²) in [5.74, 6) is -0.178. The van der Waals surface area contributed by atoms with Gasteiger partial charge in [-0.15, -0.1) is 11.3 Å². The highest BCUT2D eigenvalue weighted by Gasteiger charge is 2.16. The molecule has 6 nitrogen and oxygen atoms in total. The molecule has 0 atom stereocenters. The van der Waals surface area contributed by atoms with Crippen LogP contribution in [-0.2, 0) is 4.79 Å². The van der Waals surface area contributed by atoms with Crippen LogP contribution in [0, 0.1) is 6.92 Å². The molecular weight excluding hydrogens is 463 g/mol. The summed E-state index contributed by atoms with van der Waals surface area (Å²) in [5, 5.41) is 6.70. The number of hydrogen-bond donors (Lipinski definition) is 1. The number of carbonyl (C=O) groups is 1. The molecule has 0 unspecified atom stereocenters. The zero-order valence-corrected chi connectivity index (χ0v) is 18.7. The van der Waals surface area contributed by atoms with Crippen molar-refractivity contribution in [3.8, 4) is 5.69 Å². The van der Waals surface area contributed by atoms with Gasteiger partial charge in [0.25, 0.3) is 5.56 Å². The molecule has 1 amide bonds. The maximum Gasteiger partial charge on any atom is 0.266 e. The first-order valence-corrected chi connectivity index (χ1v) is 11.4. The van der Waals surface area contributed by atoms with Crippen molar-refractivity contribution in [3.05, 3.63) is 73.9 Å². The Hall–Kier alpha value is -2.39. The number of carbonyl (C=O) groups excluding carboxylic acids is 1. The third kappa shape index (κ3) is 4.37. The molecule has 0 radical (unpaired) electrons. The van der Waals surface area contributed by atoms with Crippen molar-refractivity contribution in [1.82, 2.24) is 14.5 Å². The SMILES string of the molecule is Cc1csc(NC(=O)CSc2nc3ccccc3c(=O)n2-c2ccc(Cl)c(Cl)c2)n1. The van der Waals surface area contributed by atoms with E-state index in [1.165, 1.54) is 15.9 Å². The Morgan fingerprint density at radius 1 is 1.17 bits per heavy atom. The summed E-state index contributed by atoms with van der Waals surface area (Å²) < 4.78 is 1.44. The number of amides is 1. The van der Waals surface area contributed by atoms with Gasteiger partial charge in [-0.3, -0.25) is 14.2 Å². The molecule has 0 aliphatic heterocycles. The molecule has 0 saturated carbocycles. The molecule has 2 aromatic carbocycles. The molecule has 1 N–H and O–H groups in total. The van der Waals surface area contributed by atoms with E-state index in [0.717, 1.165) is 17.5 Å². The summed E-state index contributed by atoms with van der Waals surface area (Å²) in [6.45, 7) is 1.86. The molecule has 0 fully saturated rings. The highest BCUT2D eigenvalue weighted by molar-refractivity contribution is 7.99. The number of fused-ring (bicyclic) bond motifs is 1. The summed E-state index contributed by atoms with van der Waals surface area (Å²) in [6, 6.07) is 12.0. The van der Waals surface area contributed by atoms with Crippen LogP contribution >= 0.6 is 46.3 Å². The lowest BCUT2D eigenvalue weighted by molar-refractivity contribution is -0.113. The predicted molar refractivity (Wildman–Crippen MR) is 124 cm³/mol. The lowest BCUT2D eigenvalue weighted by atomic mass is 10.2. The molecule has 2 aromatic heterocycles. The van der Waals surface area contributed by atoms with Crippen molar-refractivity contribution >= 4 is 68.2 Å². The van der Waals surface area contributed by atoms with E-state index in [0.29, 0.717) is 36.9 Å². The van der Waals surface area contributed by atoms with Crippen molar-refractivity contribution < 1.29 is 4.79 Å². The summed E-state index contributed by atoms with van der Waals surface area (Å²) in [7, 11) is 0. The number of hydrogen-bond acceptors (Lipinski definition) is 6. The fourth-order valence-corrected chi connectivity index (χ4v) is 4.57. The zero-order chi connectivity index (χ0) is 21.3. The molecule has 4 rings (SSSR count). The van der Waals surface area contributed by atoms with Crippen LogP contribution < -0.4 is 10.9 Å². The van der Waals surface area contributed by atoms with Crippen LogP contribution in [0.4, 0.5) is 5.13 Å². The van der Waals surface area contributed by atoms with E-state index >= 15 is 0 Å². The number of aryl methyl sites for hydroxylation is 1. The largest absolute Gasteiger partial charge is 0.301 e. The predicted octanol–water partition coefficient (Wildman–Crippen LogP) is 5.19. The quantitative estimate of drug-likeness (QED) is 0.316. The number of nitrogens with zero attached hydrogens (tertiary/aromatic N) is 3. The van der Waals surface area contributed by atoms with Gasteiger partial charge in [0.1, 0.15) is 0 Å². The minimum absolute atomic E-state index is 0.0602. The average Bonchev–Trinajstić information content (AvgIpc) is 3.13. The second-order valence-corrected chi connectivity index (χ2v) is 8.90. The first kappa shape index (κ1) is 20.9. The molecule has 0 aliphatic carbocycles. The van der Waals surface area contributed by atoms with Crippen molar-refractivity contribution in [2.45, 2.75) is 12.1 Å². The summed E-state index contributed by atoms with van der Waals surface area (Å²) in [6.07, 6.45) is 0. The van der Waals surface area contributed by atoms with E-state index in [1.807, 2.05) is 18.4 Å². The Balaban J connectivity index is 1.71. The maximum atomic E-state index is 13.2. The van der Waals surface area contributed by atoms with Crippen LogP contribution in [-0.4, -0.2) is 26.2 Å². The van der Waals surface area contributed by atoms with Crippen LogP contribution in [0.15, 0.2) is 57.8 Å². The van der Waals surface area contributed by atoms with Gasteiger partial charge < -0.3 is 5.32 Å². The average molecular weight is 477 g/mol. The van der Waals surface area contributed by atoms with Gasteiger partial charge in [-0.1, -0.05) is 47.1 Å². The first-order valence-electron chi connectivity index (χ1n) is 8.74. The van der Waals surface area contributed by atoms with Crippen LogP contribution in [0.2, 0.25) is 10.0 Å². The Morgan fingerprint density at radius 3 is 2.70 bits per heavy atom. The lowest BCUT2D eigenvalue weighted by Crippen LogP contribution is -2.23. The van der Waals surface area contributed by atoms with Crippen LogP contribution in [0.5, 0.6) is 0 Å². The number of thioether (sulfide) groups is 1. The highest BCUT2D eigenvalue weighted by atomic mass is 35.5. The minimum Gasteiger partial charge on any atom is -0.301 e. The Labute approximate surface area is 189 Å². The van der Waals surface area contributed by atoms with Gasteiger partial charge in [0.2, 0.25) is 5.91 Å². The van der Waals surface area contributed by atoms with Crippen molar-refractivity contribution in [1.29, 1.82) is 0 Å². The molecule has 0 saturated heterocycles. The van der Waals surface area contributed by atoms with Crippen LogP contribution in [0.1, 0.15) is 5.69 Å². The number of halogens is 2. The Morgan fingerprint density at radius 2 is 1.97 bits per heavy atom. The van der Waals surface area contributed by atoms with E-state index in [4.69, 9.17) is 23.2 Å². The zero-order valence-electron chi connectivity index (χ0n) is 15.6. The molecule has 152 valence electrons. The lowest BCUT2D eigenvalue weighted by Gasteiger charge is -2.13. The number of benzene rings is 2. The van der Waals surface area contributed by atoms with Gasteiger partial charge in [-0.25, -0.2) is 9.97 Å². The van der Waals surface area contributed by atoms with Gasteiger partial charge in [-0.05, 0) is 37.3 Å². The van der Waals surface area contributed by atoms with E-state index in [1.54, 1.807) is 36.4 Å². The Bertz CT molecular complexity index is 1320. The standard InChI is InChI=1S/C20H14Cl2N4O2S2/c1-11-9-29-19(23-11)25-17(27)10-30-20-24-16-5-3-2-4-13(16)18(28)26(20)12-6-7-14(21)15(22)8-12/h2-9H,10H2,1H3,(H,23,25,27). The number of anilines is 1. The number of nitrogens with one attached hydrogen (secondary N) is 1. The van der Waals surface area contributed by atoms with Gasteiger partial charge >= 0.3 is 0 Å². The monoisotopic (exact) mass is 476 g/mol. The topological polar surface area (TPSA) is 76.9 Å². The van der Waals surface area contributed by atoms with Crippen molar-refractivity contribution in [3.63, 3.8) is 0 Å². The Kier molecular flexibility index (Phi) is 6.10. The number of thiazole rings is 1. The fraction of sp³-hybridized carbons (Fsp3) is 0.100. The van der Waals surface area contributed by atoms with E-state index in [2.05, 4.69) is 15.3 Å². The molecule has 10 heteroatoms. The van der Waals surface area contributed by atoms with Gasteiger partial charge in [0, 0.05) is 5.38 Å². The van der Waals surface area contributed by atoms with Gasteiger partial charge in [0.15, 0.2) is 10.3 Å². The molecule has 2 heterocycles. The molecule has 0 aliphatic rings. The van der Waals surface area contributed by atoms with Gasteiger partial charge in [-0.2, -0.15) is 0 Å². The fourth-order valence-electron chi connectivity index (χ4n) is 2.76. The van der Waals surface area contributed by atoms with E-state index < -0.39 is 0 Å². The van der Waals surface area contributed by atoms with E-state index in [9.17, 15) is 9.59 Å². The maximum absolute atomic E-state index is 13.2. The molecule has 4 aromatic rings. The minimum atomic E-state index is -0.252. The highest BCUT2D eigenvalue weighted by Crippen LogP contribution is 2.27. The van der Waals surface area contributed by atoms with Crippen LogP contribution in [0.3, 0.4) is 0 Å². The van der Waals surface area contributed by atoms with Crippen molar-refractivity contribution in [2.24, 2.45) is 0 Å². The summed E-state index contributed by atoms with van der Waals surface area (Å²) in [4.78, 5) is 34.4. The third-order valence-corrected chi connectivity index (χ3v) is 6.66. The molecular formula is C20H14Cl2N4O2S2. The number of para-hydroxylation sites is 1. The third-order valence-electron chi connectivity index (χ3n) is 4.10. The van der Waals surface area contributed by atoms with Gasteiger partial charge in [0.05, 0.1) is 38.1 Å². The number of rotatable bonds is 5. The first-order chi connectivity index (χ1) is 14.4. The smallest absolute Gasteiger partial charge is 0.266 e. The van der Waals surface area contributed by atoms with Crippen molar-refractivity contribution in [2.75, 3.05) is 11.1 Å². The molecule has 0 spiro atoms. The summed E-state index contributed by atoms with van der Waals surface area (Å²) >= 11 is 14.7. The molecule has 30 heavy (non-hydrogen) atoms. The summed E-state index contributed by atoms with van der Waals surface area (Å²) in [5.41, 5.74) is 1.66. The number of aromatic nitrogens is 3.